The van der Waals surface area contributed by atoms with Crippen LogP contribution < -0.4 is 21.5 Å². The fourth-order valence-corrected chi connectivity index (χ4v) is 3.02. The van der Waals surface area contributed by atoms with Crippen molar-refractivity contribution in [2.24, 2.45) is 0 Å². The summed E-state index contributed by atoms with van der Waals surface area (Å²) in [5.41, 5.74) is 1.83. The van der Waals surface area contributed by atoms with E-state index in [2.05, 4.69) is 15.3 Å². The molecular formula is C17H22N4O6. The molecule has 1 aliphatic heterocycles. The van der Waals surface area contributed by atoms with Crippen LogP contribution in [0.25, 0.3) is 0 Å². The van der Waals surface area contributed by atoms with Gasteiger partial charge in [-0.1, -0.05) is 0 Å². The number of H-pyrrole nitrogens is 2. The number of benzene rings is 1. The Morgan fingerprint density at radius 3 is 2.37 bits per heavy atom. The zero-order valence-corrected chi connectivity index (χ0v) is 14.9. The van der Waals surface area contributed by atoms with Crippen LogP contribution in [0.5, 0.6) is 0 Å². The van der Waals surface area contributed by atoms with Crippen molar-refractivity contribution in [2.75, 3.05) is 23.4 Å². The Labute approximate surface area is 153 Å². The van der Waals surface area contributed by atoms with Crippen LogP contribution in [0.1, 0.15) is 11.1 Å². The molecule has 27 heavy (non-hydrogen) atoms. The maximum atomic E-state index is 12.2. The van der Waals surface area contributed by atoms with Crippen LogP contribution in [0.3, 0.4) is 0 Å². The van der Waals surface area contributed by atoms with Crippen molar-refractivity contribution in [3.63, 3.8) is 0 Å². The van der Waals surface area contributed by atoms with Gasteiger partial charge in [-0.2, -0.15) is 0 Å². The number of hydrogen-bond donors (Lipinski definition) is 7. The van der Waals surface area contributed by atoms with Crippen LogP contribution in [0.4, 0.5) is 22.9 Å². The van der Waals surface area contributed by atoms with Crippen molar-refractivity contribution < 1.29 is 20.4 Å². The standard InChI is InChI=1S/C17H22N4O6/c1-7-3-9-10(4-8(7)2)21(5-11(23)14(25)12(24)6-22)15-13(18-9)16(26)20-17(27)19-15/h3-4,11-12,14,18,22-25H,5-6H2,1-2H3,(H2,19,20,26,27)/t11-,12+,14-/m0/s1. The van der Waals surface area contributed by atoms with Gasteiger partial charge in [0.05, 0.1) is 24.5 Å². The summed E-state index contributed by atoms with van der Waals surface area (Å²) in [6.45, 7) is 2.85. The first-order valence-corrected chi connectivity index (χ1v) is 8.40. The third-order valence-corrected chi connectivity index (χ3v) is 4.70. The van der Waals surface area contributed by atoms with E-state index in [0.717, 1.165) is 11.1 Å². The highest BCUT2D eigenvalue weighted by molar-refractivity contribution is 5.90. The van der Waals surface area contributed by atoms with Crippen molar-refractivity contribution in [1.82, 2.24) is 9.97 Å². The summed E-state index contributed by atoms with van der Waals surface area (Å²) in [4.78, 5) is 30.1. The van der Waals surface area contributed by atoms with Gasteiger partial charge in [-0.25, -0.2) is 4.79 Å². The summed E-state index contributed by atoms with van der Waals surface area (Å²) in [6.07, 6.45) is -4.60. The highest BCUT2D eigenvalue weighted by Gasteiger charge is 2.32. The van der Waals surface area contributed by atoms with E-state index in [1.165, 1.54) is 4.90 Å². The lowest BCUT2D eigenvalue weighted by atomic mass is 10.0. The van der Waals surface area contributed by atoms with Crippen LogP contribution in [0.15, 0.2) is 21.7 Å². The van der Waals surface area contributed by atoms with Gasteiger partial charge >= 0.3 is 5.69 Å². The van der Waals surface area contributed by atoms with Crippen LogP contribution >= 0.6 is 0 Å². The Morgan fingerprint density at radius 1 is 1.04 bits per heavy atom. The van der Waals surface area contributed by atoms with Crippen molar-refractivity contribution in [1.29, 1.82) is 0 Å². The van der Waals surface area contributed by atoms with Gasteiger partial charge in [-0.05, 0) is 37.1 Å². The second-order valence-corrected chi connectivity index (χ2v) is 6.63. The normalized spacial score (nSPS) is 16.1. The lowest BCUT2D eigenvalue weighted by Gasteiger charge is -2.35. The molecule has 10 heteroatoms. The first-order chi connectivity index (χ1) is 12.7. The second-order valence-electron chi connectivity index (χ2n) is 6.63. The summed E-state index contributed by atoms with van der Waals surface area (Å²) in [5.74, 6) is 0.129. The Bertz CT molecular complexity index is 969. The molecule has 0 amide bonds. The molecular weight excluding hydrogens is 356 g/mol. The second kappa shape index (κ2) is 7.16. The molecule has 10 nitrogen and oxygen atoms in total. The van der Waals surface area contributed by atoms with Gasteiger partial charge in [-0.15, -0.1) is 0 Å². The highest BCUT2D eigenvalue weighted by Crippen LogP contribution is 2.41. The number of nitrogens with zero attached hydrogens (tertiary/aromatic N) is 1. The first-order valence-electron chi connectivity index (χ1n) is 8.40. The average molecular weight is 378 g/mol. The van der Waals surface area contributed by atoms with Crippen molar-refractivity contribution >= 4 is 22.9 Å². The molecule has 3 rings (SSSR count). The number of aromatic nitrogens is 2. The Hall–Kier alpha value is -2.66. The third kappa shape index (κ3) is 3.47. The molecule has 1 aromatic carbocycles. The molecule has 0 bridgehead atoms. The van der Waals surface area contributed by atoms with Crippen LogP contribution in [-0.2, 0) is 0 Å². The Kier molecular flexibility index (Phi) is 5.07. The molecule has 0 aliphatic carbocycles. The molecule has 146 valence electrons. The van der Waals surface area contributed by atoms with E-state index in [-0.39, 0.29) is 18.1 Å². The Balaban J connectivity index is 2.11. The number of fused-ring (bicyclic) bond motifs is 2. The predicted molar refractivity (Wildman–Crippen MR) is 99.0 cm³/mol. The SMILES string of the molecule is Cc1cc2c(cc1C)N(C[C@H](O)[C@H](O)[C@H](O)CO)c1[nH]c(=O)[nH]c(=O)c1N2. The summed E-state index contributed by atoms with van der Waals surface area (Å²) >= 11 is 0. The van der Waals surface area contributed by atoms with Crippen molar-refractivity contribution in [2.45, 2.75) is 32.2 Å². The molecule has 7 N–H and O–H groups in total. The fraction of sp³-hybridized carbons (Fsp3) is 0.412. The lowest BCUT2D eigenvalue weighted by Crippen LogP contribution is -2.46. The largest absolute Gasteiger partial charge is 0.394 e. The number of nitrogens with one attached hydrogen (secondary N) is 3. The minimum Gasteiger partial charge on any atom is -0.394 e. The number of rotatable bonds is 5. The molecule has 0 spiro atoms. The predicted octanol–water partition coefficient (Wildman–Crippen LogP) is -1.05. The van der Waals surface area contributed by atoms with E-state index in [1.807, 2.05) is 26.0 Å². The molecule has 2 aromatic rings. The maximum absolute atomic E-state index is 12.2. The summed E-state index contributed by atoms with van der Waals surface area (Å²) < 4.78 is 0. The smallest absolute Gasteiger partial charge is 0.327 e. The van der Waals surface area contributed by atoms with E-state index < -0.39 is 36.2 Å². The number of aromatic amines is 2. The van der Waals surface area contributed by atoms with Crippen LogP contribution in [-0.4, -0.2) is 61.9 Å². The number of β-amino-alcohol motifs (C(OH)–C–C–N with tert-alkyl or cyclic N) is 1. The zero-order chi connectivity index (χ0) is 19.9. The van der Waals surface area contributed by atoms with E-state index >= 15 is 0 Å². The zero-order valence-electron chi connectivity index (χ0n) is 14.9. The van der Waals surface area contributed by atoms with Gasteiger partial charge < -0.3 is 30.6 Å². The Morgan fingerprint density at radius 2 is 1.70 bits per heavy atom. The van der Waals surface area contributed by atoms with Crippen molar-refractivity contribution in [3.05, 3.63) is 44.1 Å². The minimum absolute atomic E-state index is 0.0924. The van der Waals surface area contributed by atoms with Gasteiger partial charge in [0.2, 0.25) is 0 Å². The molecule has 0 unspecified atom stereocenters. The average Bonchev–Trinajstić information content (AvgIpc) is 2.62. The maximum Gasteiger partial charge on any atom is 0.327 e. The highest BCUT2D eigenvalue weighted by atomic mass is 16.4. The minimum atomic E-state index is -1.61. The topological polar surface area (TPSA) is 162 Å². The summed E-state index contributed by atoms with van der Waals surface area (Å²) in [6, 6.07) is 3.65. The first kappa shape index (κ1) is 19.1. The van der Waals surface area contributed by atoms with E-state index in [1.54, 1.807) is 0 Å². The number of anilines is 4. The number of aliphatic hydroxyl groups excluding tert-OH is 4. The van der Waals surface area contributed by atoms with Crippen molar-refractivity contribution in [3.8, 4) is 0 Å². The molecule has 3 atom stereocenters. The monoisotopic (exact) mass is 378 g/mol. The quantitative estimate of drug-likeness (QED) is 0.347. The third-order valence-electron chi connectivity index (χ3n) is 4.70. The number of aliphatic hydroxyl groups is 4. The summed E-state index contributed by atoms with van der Waals surface area (Å²) in [5, 5.41) is 41.8. The summed E-state index contributed by atoms with van der Waals surface area (Å²) in [7, 11) is 0. The number of aryl methyl sites for hydroxylation is 2. The number of hydrogen-bond acceptors (Lipinski definition) is 8. The van der Waals surface area contributed by atoms with Gasteiger partial charge in [0.15, 0.2) is 0 Å². The van der Waals surface area contributed by atoms with E-state index in [0.29, 0.717) is 11.4 Å². The van der Waals surface area contributed by atoms with E-state index in [4.69, 9.17) is 5.11 Å². The molecule has 0 saturated heterocycles. The van der Waals surface area contributed by atoms with Crippen LogP contribution in [0.2, 0.25) is 0 Å². The molecule has 0 saturated carbocycles. The van der Waals surface area contributed by atoms with E-state index in [9.17, 15) is 24.9 Å². The molecule has 1 aromatic heterocycles. The molecule has 1 aliphatic rings. The molecule has 2 heterocycles. The molecule has 0 fully saturated rings. The molecule has 0 radical (unpaired) electrons. The lowest BCUT2D eigenvalue weighted by molar-refractivity contribution is -0.0726. The fourth-order valence-electron chi connectivity index (χ4n) is 3.02. The van der Waals surface area contributed by atoms with Gasteiger partial charge in [0.25, 0.3) is 5.56 Å². The van der Waals surface area contributed by atoms with Crippen LogP contribution in [0, 0.1) is 13.8 Å². The van der Waals surface area contributed by atoms with Gasteiger partial charge in [-0.3, -0.25) is 14.8 Å². The van der Waals surface area contributed by atoms with Gasteiger partial charge in [0, 0.05) is 0 Å². The van der Waals surface area contributed by atoms with Gasteiger partial charge in [0.1, 0.15) is 29.8 Å².